The second-order valence-corrected chi connectivity index (χ2v) is 5.20. The van der Waals surface area contributed by atoms with Gasteiger partial charge >= 0.3 is 0 Å². The van der Waals surface area contributed by atoms with Gasteiger partial charge in [0.1, 0.15) is 29.4 Å². The summed E-state index contributed by atoms with van der Waals surface area (Å²) in [6.07, 6.45) is 1.53. The third-order valence-electron chi connectivity index (χ3n) is 2.49. The molecule has 2 aromatic heterocycles. The molecule has 0 atom stereocenters. The van der Waals surface area contributed by atoms with Crippen LogP contribution in [0.5, 0.6) is 0 Å². The van der Waals surface area contributed by atoms with E-state index in [2.05, 4.69) is 25.9 Å². The first kappa shape index (κ1) is 13.3. The number of nitrogen functional groups attached to an aromatic ring is 1. The number of nitrogens with one attached hydrogen (secondary N) is 2. The van der Waals surface area contributed by atoms with Gasteiger partial charge < -0.3 is 15.3 Å². The highest BCUT2D eigenvalue weighted by Gasteiger charge is 2.19. The van der Waals surface area contributed by atoms with E-state index < -0.39 is 0 Å². The molecule has 19 heavy (non-hydrogen) atoms. The minimum absolute atomic E-state index is 0.156. The molecule has 2 rings (SSSR count). The molecule has 102 valence electrons. The maximum absolute atomic E-state index is 5.43. The summed E-state index contributed by atoms with van der Waals surface area (Å²) in [5, 5.41) is 6.99. The molecule has 0 saturated heterocycles. The smallest absolute Gasteiger partial charge is 0.145 e. The van der Waals surface area contributed by atoms with Crippen molar-refractivity contribution in [1.29, 1.82) is 0 Å². The Morgan fingerprint density at radius 2 is 2.00 bits per heavy atom. The number of aromatic nitrogens is 3. The summed E-state index contributed by atoms with van der Waals surface area (Å²) in [7, 11) is 0. The molecule has 4 N–H and O–H groups in total. The van der Waals surface area contributed by atoms with Gasteiger partial charge in [-0.05, 0) is 0 Å². The summed E-state index contributed by atoms with van der Waals surface area (Å²) in [5.41, 5.74) is 3.20. The summed E-state index contributed by atoms with van der Waals surface area (Å²) in [6, 6.07) is 3.54. The van der Waals surface area contributed by atoms with E-state index in [1.54, 1.807) is 12.1 Å². The lowest BCUT2D eigenvalue weighted by molar-refractivity contribution is 0.412. The summed E-state index contributed by atoms with van der Waals surface area (Å²) < 4.78 is 4.77. The van der Waals surface area contributed by atoms with Gasteiger partial charge in [0.25, 0.3) is 0 Å². The number of hydrogen-bond donors (Lipinski definition) is 3. The molecule has 0 aliphatic carbocycles. The molecule has 0 amide bonds. The van der Waals surface area contributed by atoms with Gasteiger partial charge in [-0.3, -0.25) is 0 Å². The van der Waals surface area contributed by atoms with Crippen molar-refractivity contribution >= 4 is 11.6 Å². The van der Waals surface area contributed by atoms with Crippen LogP contribution in [-0.4, -0.2) is 15.1 Å². The second-order valence-electron chi connectivity index (χ2n) is 5.20. The molecule has 7 nitrogen and oxygen atoms in total. The van der Waals surface area contributed by atoms with Gasteiger partial charge in [0.2, 0.25) is 0 Å². The fourth-order valence-electron chi connectivity index (χ4n) is 1.46. The van der Waals surface area contributed by atoms with Gasteiger partial charge in [0, 0.05) is 17.5 Å². The van der Waals surface area contributed by atoms with Gasteiger partial charge in [0.05, 0.1) is 6.54 Å². The molecule has 7 heteroatoms. The Balaban J connectivity index is 2.19. The molecule has 0 saturated carbocycles. The number of hydrogen-bond acceptors (Lipinski definition) is 7. The van der Waals surface area contributed by atoms with E-state index in [-0.39, 0.29) is 5.41 Å². The van der Waals surface area contributed by atoms with E-state index in [0.717, 1.165) is 5.69 Å². The Morgan fingerprint density at radius 1 is 1.26 bits per heavy atom. The zero-order valence-electron chi connectivity index (χ0n) is 11.3. The quantitative estimate of drug-likeness (QED) is 0.568. The van der Waals surface area contributed by atoms with Gasteiger partial charge in [-0.2, -0.15) is 0 Å². The minimum atomic E-state index is -0.156. The van der Waals surface area contributed by atoms with Crippen molar-refractivity contribution in [1.82, 2.24) is 15.1 Å². The number of nitrogens with zero attached hydrogens (tertiary/aromatic N) is 3. The maximum atomic E-state index is 5.43. The Kier molecular flexibility index (Phi) is 3.66. The number of nitrogens with two attached hydrogens (primary N) is 1. The van der Waals surface area contributed by atoms with Crippen LogP contribution >= 0.6 is 0 Å². The molecular formula is C12H18N6O. The molecule has 0 aliphatic rings. The third kappa shape index (κ3) is 3.41. The summed E-state index contributed by atoms with van der Waals surface area (Å²) in [6.45, 7) is 6.67. The highest BCUT2D eigenvalue weighted by Crippen LogP contribution is 2.22. The Morgan fingerprint density at radius 3 is 2.58 bits per heavy atom. The van der Waals surface area contributed by atoms with Crippen LogP contribution in [0.3, 0.4) is 0 Å². The summed E-state index contributed by atoms with van der Waals surface area (Å²) in [5.74, 6) is 7.40. The van der Waals surface area contributed by atoms with Crippen LogP contribution in [0, 0.1) is 0 Å². The molecule has 2 heterocycles. The molecule has 0 spiro atoms. The van der Waals surface area contributed by atoms with E-state index in [1.807, 2.05) is 20.8 Å². The Hall–Kier alpha value is -2.15. The molecule has 0 fully saturated rings. The highest BCUT2D eigenvalue weighted by molar-refractivity contribution is 5.47. The first-order valence-electron chi connectivity index (χ1n) is 5.98. The van der Waals surface area contributed by atoms with Crippen LogP contribution in [0.2, 0.25) is 0 Å². The zero-order chi connectivity index (χ0) is 13.9. The van der Waals surface area contributed by atoms with E-state index in [4.69, 9.17) is 10.4 Å². The van der Waals surface area contributed by atoms with Crippen molar-refractivity contribution in [3.8, 4) is 0 Å². The fraction of sp³-hybridized carbons (Fsp3) is 0.417. The van der Waals surface area contributed by atoms with E-state index in [0.29, 0.717) is 24.0 Å². The molecule has 0 aliphatic heterocycles. The van der Waals surface area contributed by atoms with Crippen LogP contribution in [0.1, 0.15) is 32.3 Å². The number of rotatable bonds is 4. The van der Waals surface area contributed by atoms with Gasteiger partial charge in [-0.25, -0.2) is 15.8 Å². The third-order valence-corrected chi connectivity index (χ3v) is 2.49. The summed E-state index contributed by atoms with van der Waals surface area (Å²) in [4.78, 5) is 8.82. The predicted molar refractivity (Wildman–Crippen MR) is 72.4 cm³/mol. The van der Waals surface area contributed by atoms with Crippen molar-refractivity contribution in [2.24, 2.45) is 5.84 Å². The Bertz CT molecular complexity index is 532. The van der Waals surface area contributed by atoms with Gasteiger partial charge in [-0.15, -0.1) is 0 Å². The van der Waals surface area contributed by atoms with Crippen molar-refractivity contribution in [2.75, 3.05) is 10.7 Å². The molecular weight excluding hydrogens is 244 g/mol. The van der Waals surface area contributed by atoms with Crippen molar-refractivity contribution in [2.45, 2.75) is 32.7 Å². The van der Waals surface area contributed by atoms with Gasteiger partial charge in [-0.1, -0.05) is 25.9 Å². The first-order chi connectivity index (χ1) is 8.99. The standard InChI is InChI=1S/C12H18N6O/c1-12(2,3)11-15-9(6-10(16-11)17-13)14-7-8-4-5-19-18-8/h4-6H,7,13H2,1-3H3,(H2,14,15,16,17). The first-order valence-corrected chi connectivity index (χ1v) is 5.98. The normalized spacial score (nSPS) is 11.4. The van der Waals surface area contributed by atoms with Crippen LogP contribution in [-0.2, 0) is 12.0 Å². The second kappa shape index (κ2) is 5.23. The molecule has 0 aromatic carbocycles. The highest BCUT2D eigenvalue weighted by atomic mass is 16.5. The van der Waals surface area contributed by atoms with E-state index in [1.165, 1.54) is 6.26 Å². The lowest BCUT2D eigenvalue weighted by Crippen LogP contribution is -2.20. The predicted octanol–water partition coefficient (Wildman–Crippen LogP) is 1.66. The number of anilines is 2. The molecule has 0 radical (unpaired) electrons. The minimum Gasteiger partial charge on any atom is -0.364 e. The van der Waals surface area contributed by atoms with Gasteiger partial charge in [0.15, 0.2) is 0 Å². The van der Waals surface area contributed by atoms with Crippen LogP contribution in [0.25, 0.3) is 0 Å². The molecule has 2 aromatic rings. The van der Waals surface area contributed by atoms with Crippen molar-refractivity contribution in [3.05, 3.63) is 29.9 Å². The molecule has 0 bridgehead atoms. The number of hydrazine groups is 1. The molecule has 0 unspecified atom stereocenters. The zero-order valence-corrected chi connectivity index (χ0v) is 11.3. The SMILES string of the molecule is CC(C)(C)c1nc(NN)cc(NCc2ccon2)n1. The lowest BCUT2D eigenvalue weighted by atomic mass is 9.96. The fourth-order valence-corrected chi connectivity index (χ4v) is 1.46. The van der Waals surface area contributed by atoms with Crippen LogP contribution in [0.15, 0.2) is 22.9 Å². The lowest BCUT2D eigenvalue weighted by Gasteiger charge is -2.18. The monoisotopic (exact) mass is 262 g/mol. The average Bonchev–Trinajstić information content (AvgIpc) is 2.88. The topological polar surface area (TPSA) is 102 Å². The van der Waals surface area contributed by atoms with E-state index >= 15 is 0 Å². The van der Waals surface area contributed by atoms with Crippen LogP contribution in [0.4, 0.5) is 11.6 Å². The summed E-state index contributed by atoms with van der Waals surface area (Å²) >= 11 is 0. The average molecular weight is 262 g/mol. The van der Waals surface area contributed by atoms with Crippen molar-refractivity contribution in [3.63, 3.8) is 0 Å². The largest absolute Gasteiger partial charge is 0.364 e. The van der Waals surface area contributed by atoms with Crippen LogP contribution < -0.4 is 16.6 Å². The van der Waals surface area contributed by atoms with E-state index in [9.17, 15) is 0 Å². The Labute approximate surface area is 111 Å². The van der Waals surface area contributed by atoms with Crippen molar-refractivity contribution < 1.29 is 4.52 Å². The maximum Gasteiger partial charge on any atom is 0.145 e.